The minimum Gasteiger partial charge on any atom is -0.479 e. The fourth-order valence-electron chi connectivity index (χ4n) is 4.69. The molecule has 1 saturated heterocycles. The molecule has 1 unspecified atom stereocenters. The molecule has 1 atom stereocenters. The van der Waals surface area contributed by atoms with E-state index in [1.54, 1.807) is 19.6 Å². The standard InChI is InChI=1S/C27H32N8O2/c1-17(2)35-16-29-24-23(35)15-21(31-25(24)37-5)20-12-13-28-27(32-20)30-18-8-10-19(11-9-18)34-14-6-7-22(26(34)36)33(3)4/h8-13,15-17,22H,6-7,14H2,1-5H3,(H,28,30,32). The van der Waals surface area contributed by atoms with E-state index >= 15 is 0 Å². The summed E-state index contributed by atoms with van der Waals surface area (Å²) in [6.07, 6.45) is 5.38. The molecule has 3 aromatic heterocycles. The molecule has 37 heavy (non-hydrogen) atoms. The smallest absolute Gasteiger partial charge is 0.244 e. The molecule has 5 rings (SSSR count). The van der Waals surface area contributed by atoms with E-state index in [1.807, 2.05) is 60.3 Å². The first-order valence-electron chi connectivity index (χ1n) is 12.5. The number of aromatic nitrogens is 5. The van der Waals surface area contributed by atoms with Gasteiger partial charge in [0.15, 0.2) is 5.52 Å². The van der Waals surface area contributed by atoms with E-state index in [2.05, 4.69) is 38.7 Å². The van der Waals surface area contributed by atoms with Gasteiger partial charge in [-0.2, -0.15) is 0 Å². The average molecular weight is 501 g/mol. The Morgan fingerprint density at radius 3 is 2.57 bits per heavy atom. The molecule has 192 valence electrons. The number of pyridine rings is 1. The van der Waals surface area contributed by atoms with Gasteiger partial charge in [-0.15, -0.1) is 0 Å². The van der Waals surface area contributed by atoms with Crippen molar-refractivity contribution in [1.29, 1.82) is 0 Å². The third-order valence-electron chi connectivity index (χ3n) is 6.67. The molecule has 0 radical (unpaired) electrons. The fraction of sp³-hybridized carbons (Fsp3) is 0.370. The molecule has 1 aromatic carbocycles. The van der Waals surface area contributed by atoms with Gasteiger partial charge in [0, 0.05) is 30.2 Å². The molecule has 10 nitrogen and oxygen atoms in total. The Labute approximate surface area is 216 Å². The van der Waals surface area contributed by atoms with Crippen LogP contribution in [0.3, 0.4) is 0 Å². The number of carbonyl (C=O) groups excluding carboxylic acids is 1. The zero-order chi connectivity index (χ0) is 26.1. The van der Waals surface area contributed by atoms with Gasteiger partial charge in [0.05, 0.1) is 36.4 Å². The minimum absolute atomic E-state index is 0.0756. The van der Waals surface area contributed by atoms with Crippen molar-refractivity contribution in [3.8, 4) is 17.3 Å². The SMILES string of the molecule is COc1nc(-c2ccnc(Nc3ccc(N4CCCC(N(C)C)C4=O)cc3)n2)cc2c1ncn2C(C)C. The van der Waals surface area contributed by atoms with Crippen LogP contribution < -0.4 is 15.0 Å². The summed E-state index contributed by atoms with van der Waals surface area (Å²) in [5.74, 6) is 1.05. The second-order valence-electron chi connectivity index (χ2n) is 9.68. The lowest BCUT2D eigenvalue weighted by Crippen LogP contribution is -2.50. The predicted octanol–water partition coefficient (Wildman–Crippen LogP) is 4.28. The largest absolute Gasteiger partial charge is 0.479 e. The van der Waals surface area contributed by atoms with Crippen molar-refractivity contribution in [3.05, 3.63) is 48.9 Å². The Kier molecular flexibility index (Phi) is 6.75. The number of anilines is 3. The summed E-state index contributed by atoms with van der Waals surface area (Å²) in [5.41, 5.74) is 4.71. The van der Waals surface area contributed by atoms with E-state index in [0.29, 0.717) is 23.2 Å². The third kappa shape index (κ3) is 4.84. The van der Waals surface area contributed by atoms with Crippen LogP contribution in [0.1, 0.15) is 32.7 Å². The Bertz CT molecular complexity index is 1410. The van der Waals surface area contributed by atoms with Crippen LogP contribution in [-0.2, 0) is 4.79 Å². The first-order chi connectivity index (χ1) is 17.9. The lowest BCUT2D eigenvalue weighted by Gasteiger charge is -2.35. The molecule has 1 aliphatic rings. The number of ether oxygens (including phenoxy) is 1. The molecular formula is C27H32N8O2. The van der Waals surface area contributed by atoms with Crippen molar-refractivity contribution in [1.82, 2.24) is 29.4 Å². The summed E-state index contributed by atoms with van der Waals surface area (Å²) >= 11 is 0. The van der Waals surface area contributed by atoms with Crippen LogP contribution in [0.5, 0.6) is 5.88 Å². The molecule has 1 fully saturated rings. The van der Waals surface area contributed by atoms with E-state index in [4.69, 9.17) is 9.72 Å². The molecule has 0 aliphatic carbocycles. The summed E-state index contributed by atoms with van der Waals surface area (Å²) < 4.78 is 7.60. The van der Waals surface area contributed by atoms with Gasteiger partial charge in [0.1, 0.15) is 0 Å². The number of nitrogens with one attached hydrogen (secondary N) is 1. The molecule has 4 aromatic rings. The van der Waals surface area contributed by atoms with E-state index in [-0.39, 0.29) is 18.0 Å². The van der Waals surface area contributed by atoms with Gasteiger partial charge in [0.25, 0.3) is 0 Å². The minimum atomic E-state index is -0.0756. The van der Waals surface area contributed by atoms with E-state index in [0.717, 1.165) is 41.8 Å². The van der Waals surface area contributed by atoms with Crippen LogP contribution in [-0.4, -0.2) is 69.1 Å². The third-order valence-corrected chi connectivity index (χ3v) is 6.67. The number of nitrogens with zero attached hydrogens (tertiary/aromatic N) is 7. The highest BCUT2D eigenvalue weighted by molar-refractivity contribution is 5.98. The number of fused-ring (bicyclic) bond motifs is 1. The van der Waals surface area contributed by atoms with E-state index in [1.165, 1.54) is 0 Å². The normalized spacial score (nSPS) is 16.1. The monoisotopic (exact) mass is 500 g/mol. The first kappa shape index (κ1) is 24.6. The van der Waals surface area contributed by atoms with Gasteiger partial charge in [-0.05, 0) is 77.2 Å². The molecule has 1 N–H and O–H groups in total. The van der Waals surface area contributed by atoms with E-state index < -0.39 is 0 Å². The van der Waals surface area contributed by atoms with Crippen LogP contribution >= 0.6 is 0 Å². The maximum Gasteiger partial charge on any atom is 0.244 e. The maximum absolute atomic E-state index is 12.9. The second-order valence-corrected chi connectivity index (χ2v) is 9.68. The molecule has 0 saturated carbocycles. The molecule has 1 amide bonds. The number of methoxy groups -OCH3 is 1. The first-order valence-corrected chi connectivity index (χ1v) is 12.5. The fourth-order valence-corrected chi connectivity index (χ4v) is 4.69. The lowest BCUT2D eigenvalue weighted by molar-refractivity contribution is -0.124. The summed E-state index contributed by atoms with van der Waals surface area (Å²) in [5, 5.41) is 3.26. The van der Waals surface area contributed by atoms with Gasteiger partial charge in [-0.3, -0.25) is 9.69 Å². The molecule has 4 heterocycles. The van der Waals surface area contributed by atoms with Gasteiger partial charge >= 0.3 is 0 Å². The summed E-state index contributed by atoms with van der Waals surface area (Å²) in [7, 11) is 5.50. The van der Waals surface area contributed by atoms with Crippen LogP contribution in [0, 0.1) is 0 Å². The zero-order valence-corrected chi connectivity index (χ0v) is 21.8. The Morgan fingerprint density at radius 1 is 1.08 bits per heavy atom. The molecule has 10 heteroatoms. The average Bonchev–Trinajstić information content (AvgIpc) is 3.33. The van der Waals surface area contributed by atoms with Crippen molar-refractivity contribution in [2.24, 2.45) is 0 Å². The zero-order valence-electron chi connectivity index (χ0n) is 21.8. The second kappa shape index (κ2) is 10.1. The highest BCUT2D eigenvalue weighted by atomic mass is 16.5. The Hall–Kier alpha value is -4.05. The number of rotatable bonds is 7. The summed E-state index contributed by atoms with van der Waals surface area (Å²) in [6.45, 7) is 4.94. The maximum atomic E-state index is 12.9. The highest BCUT2D eigenvalue weighted by Gasteiger charge is 2.30. The van der Waals surface area contributed by atoms with Crippen LogP contribution in [0.2, 0.25) is 0 Å². The molecule has 1 aliphatic heterocycles. The Balaban J connectivity index is 1.38. The van der Waals surface area contributed by atoms with Gasteiger partial charge in [-0.1, -0.05) is 0 Å². The number of benzene rings is 1. The molecule has 0 spiro atoms. The quantitative estimate of drug-likeness (QED) is 0.401. The number of carbonyl (C=O) groups is 1. The van der Waals surface area contributed by atoms with Crippen LogP contribution in [0.25, 0.3) is 22.4 Å². The van der Waals surface area contributed by atoms with Gasteiger partial charge < -0.3 is 19.5 Å². The van der Waals surface area contributed by atoms with Crippen molar-refractivity contribution in [2.75, 3.05) is 38.0 Å². The van der Waals surface area contributed by atoms with Gasteiger partial charge in [-0.25, -0.2) is 19.9 Å². The number of hydrogen-bond donors (Lipinski definition) is 1. The number of likely N-dealkylation sites (N-methyl/N-ethyl adjacent to an activating group) is 1. The molecular weight excluding hydrogens is 468 g/mol. The van der Waals surface area contributed by atoms with Crippen molar-refractivity contribution in [3.63, 3.8) is 0 Å². The van der Waals surface area contributed by atoms with Crippen molar-refractivity contribution >= 4 is 34.3 Å². The van der Waals surface area contributed by atoms with Gasteiger partial charge in [0.2, 0.25) is 17.7 Å². The van der Waals surface area contributed by atoms with Crippen molar-refractivity contribution < 1.29 is 9.53 Å². The number of amides is 1. The topological polar surface area (TPSA) is 101 Å². The predicted molar refractivity (Wildman–Crippen MR) is 144 cm³/mol. The Morgan fingerprint density at radius 2 is 1.86 bits per heavy atom. The molecule has 0 bridgehead atoms. The van der Waals surface area contributed by atoms with Crippen LogP contribution in [0.4, 0.5) is 17.3 Å². The number of hydrogen-bond acceptors (Lipinski definition) is 8. The highest BCUT2D eigenvalue weighted by Crippen LogP contribution is 2.30. The van der Waals surface area contributed by atoms with Crippen molar-refractivity contribution in [2.45, 2.75) is 38.8 Å². The summed E-state index contributed by atoms with van der Waals surface area (Å²) in [6, 6.07) is 11.7. The number of imidazole rings is 1. The summed E-state index contributed by atoms with van der Waals surface area (Å²) in [4.78, 5) is 35.0. The van der Waals surface area contributed by atoms with E-state index in [9.17, 15) is 4.79 Å². The lowest BCUT2D eigenvalue weighted by atomic mass is 10.0. The number of piperidine rings is 1. The van der Waals surface area contributed by atoms with Crippen LogP contribution in [0.15, 0.2) is 48.9 Å².